The van der Waals surface area contributed by atoms with E-state index in [1.807, 2.05) is 35.5 Å². The van der Waals surface area contributed by atoms with Crippen LogP contribution in [-0.2, 0) is 11.8 Å². The van der Waals surface area contributed by atoms with Gasteiger partial charge in [-0.25, -0.2) is 4.98 Å². The van der Waals surface area contributed by atoms with Gasteiger partial charge >= 0.3 is 0 Å². The minimum absolute atomic E-state index is 0.768. The molecule has 0 unspecified atom stereocenters. The van der Waals surface area contributed by atoms with E-state index in [-0.39, 0.29) is 0 Å². The summed E-state index contributed by atoms with van der Waals surface area (Å²) in [5, 5.41) is 7.45. The average molecular weight is 249 g/mol. The largest absolute Gasteiger partial charge is 0.382 e. The van der Waals surface area contributed by atoms with Crippen LogP contribution < -0.4 is 5.32 Å². The number of ether oxygens (including phenoxy) is 1. The molecule has 2 aromatic heterocycles. The molecule has 0 fully saturated rings. The van der Waals surface area contributed by atoms with Crippen molar-refractivity contribution in [2.45, 2.75) is 13.3 Å². The minimum atomic E-state index is 0.768. The number of aromatic nitrogens is 4. The van der Waals surface area contributed by atoms with Crippen LogP contribution in [0.1, 0.15) is 13.3 Å². The van der Waals surface area contributed by atoms with E-state index in [2.05, 4.69) is 15.4 Å². The first-order chi connectivity index (χ1) is 8.83. The van der Waals surface area contributed by atoms with Crippen molar-refractivity contribution in [3.8, 4) is 5.82 Å². The molecule has 0 bridgehead atoms. The Hall–Kier alpha value is -1.82. The fourth-order valence-electron chi connectivity index (χ4n) is 1.74. The molecule has 0 saturated carbocycles. The van der Waals surface area contributed by atoms with Crippen LogP contribution in [0.25, 0.3) is 5.82 Å². The first kappa shape index (κ1) is 12.6. The second kappa shape index (κ2) is 6.20. The normalized spacial score (nSPS) is 10.8. The number of rotatable bonds is 7. The van der Waals surface area contributed by atoms with Gasteiger partial charge in [-0.15, -0.1) is 0 Å². The third-order valence-corrected chi connectivity index (χ3v) is 2.64. The van der Waals surface area contributed by atoms with Crippen molar-refractivity contribution in [3.05, 3.63) is 24.7 Å². The van der Waals surface area contributed by atoms with Crippen LogP contribution in [-0.4, -0.2) is 39.1 Å². The highest BCUT2D eigenvalue weighted by Gasteiger charge is 2.06. The monoisotopic (exact) mass is 249 g/mol. The van der Waals surface area contributed by atoms with E-state index in [0.29, 0.717) is 0 Å². The second-order valence-electron chi connectivity index (χ2n) is 3.91. The zero-order valence-corrected chi connectivity index (χ0v) is 10.8. The molecule has 2 rings (SSSR count). The highest BCUT2D eigenvalue weighted by Crippen LogP contribution is 2.12. The number of anilines is 1. The first-order valence-corrected chi connectivity index (χ1v) is 6.16. The first-order valence-electron chi connectivity index (χ1n) is 6.16. The van der Waals surface area contributed by atoms with Crippen LogP contribution in [0.2, 0.25) is 0 Å². The number of nitrogens with one attached hydrogen (secondary N) is 1. The molecule has 0 aliphatic rings. The van der Waals surface area contributed by atoms with Gasteiger partial charge in [0, 0.05) is 45.3 Å². The molecule has 98 valence electrons. The third-order valence-electron chi connectivity index (χ3n) is 2.64. The van der Waals surface area contributed by atoms with E-state index in [0.717, 1.165) is 37.9 Å². The van der Waals surface area contributed by atoms with Gasteiger partial charge in [0.05, 0.1) is 6.20 Å². The van der Waals surface area contributed by atoms with Crippen LogP contribution in [0.5, 0.6) is 0 Å². The summed E-state index contributed by atoms with van der Waals surface area (Å²) in [5.74, 6) is 1.81. The molecule has 2 aromatic rings. The number of imidazole rings is 1. The standard InChI is InChI=1S/C12H19N5O/c1-3-18-10-4-6-13-12-14-8-9-17(12)11-5-7-15-16(11)2/h5,7-9H,3-4,6,10H2,1-2H3,(H,13,14). The van der Waals surface area contributed by atoms with Gasteiger partial charge < -0.3 is 10.1 Å². The van der Waals surface area contributed by atoms with E-state index in [4.69, 9.17) is 4.74 Å². The van der Waals surface area contributed by atoms with Crippen LogP contribution in [0, 0.1) is 0 Å². The molecule has 0 spiro atoms. The van der Waals surface area contributed by atoms with Gasteiger partial charge in [0.2, 0.25) is 5.95 Å². The average Bonchev–Trinajstić information content (AvgIpc) is 2.97. The number of hydrogen-bond donors (Lipinski definition) is 1. The van der Waals surface area contributed by atoms with Gasteiger partial charge in [-0.3, -0.25) is 9.25 Å². The molecule has 6 nitrogen and oxygen atoms in total. The van der Waals surface area contributed by atoms with Gasteiger partial charge in [0.15, 0.2) is 0 Å². The van der Waals surface area contributed by atoms with Crippen LogP contribution in [0.15, 0.2) is 24.7 Å². The highest BCUT2D eigenvalue weighted by molar-refractivity contribution is 5.36. The fourth-order valence-corrected chi connectivity index (χ4v) is 1.74. The molecule has 0 aliphatic carbocycles. The summed E-state index contributed by atoms with van der Waals surface area (Å²) < 4.78 is 9.09. The summed E-state index contributed by atoms with van der Waals surface area (Å²) in [7, 11) is 1.91. The molecular weight excluding hydrogens is 230 g/mol. The molecule has 18 heavy (non-hydrogen) atoms. The molecule has 2 heterocycles. The number of hydrogen-bond acceptors (Lipinski definition) is 4. The lowest BCUT2D eigenvalue weighted by Gasteiger charge is -2.09. The van der Waals surface area contributed by atoms with Crippen LogP contribution >= 0.6 is 0 Å². The van der Waals surface area contributed by atoms with Crippen molar-refractivity contribution in [3.63, 3.8) is 0 Å². The molecule has 6 heteroatoms. The summed E-state index contributed by atoms with van der Waals surface area (Å²) in [6.07, 6.45) is 6.43. The number of nitrogens with zero attached hydrogens (tertiary/aromatic N) is 4. The van der Waals surface area contributed by atoms with Crippen molar-refractivity contribution in [2.24, 2.45) is 7.05 Å². The maximum atomic E-state index is 5.29. The Balaban J connectivity index is 1.94. The molecule has 0 amide bonds. The highest BCUT2D eigenvalue weighted by atomic mass is 16.5. The van der Waals surface area contributed by atoms with Crippen LogP contribution in [0.4, 0.5) is 5.95 Å². The maximum Gasteiger partial charge on any atom is 0.208 e. The molecule has 0 aromatic carbocycles. The Labute approximate surface area is 107 Å². The Morgan fingerprint density at radius 3 is 3.00 bits per heavy atom. The lowest BCUT2D eigenvalue weighted by molar-refractivity contribution is 0.147. The topological polar surface area (TPSA) is 56.9 Å². The van der Waals surface area contributed by atoms with Crippen molar-refractivity contribution in [1.82, 2.24) is 19.3 Å². The maximum absolute atomic E-state index is 5.29. The summed E-state index contributed by atoms with van der Waals surface area (Å²) in [4.78, 5) is 4.30. The SMILES string of the molecule is CCOCCCNc1nccn1-c1ccnn1C. The Kier molecular flexibility index (Phi) is 4.35. The second-order valence-corrected chi connectivity index (χ2v) is 3.91. The molecule has 0 saturated heterocycles. The molecular formula is C12H19N5O. The van der Waals surface area contributed by atoms with Gasteiger partial charge in [0.25, 0.3) is 0 Å². The minimum Gasteiger partial charge on any atom is -0.382 e. The lowest BCUT2D eigenvalue weighted by Crippen LogP contribution is -2.11. The van der Waals surface area contributed by atoms with Gasteiger partial charge in [-0.2, -0.15) is 5.10 Å². The van der Waals surface area contributed by atoms with E-state index < -0.39 is 0 Å². The van der Waals surface area contributed by atoms with E-state index in [1.165, 1.54) is 0 Å². The van der Waals surface area contributed by atoms with Crippen LogP contribution in [0.3, 0.4) is 0 Å². The Bertz CT molecular complexity index is 476. The third kappa shape index (κ3) is 2.89. The zero-order chi connectivity index (χ0) is 12.8. The number of aryl methyl sites for hydroxylation is 1. The quantitative estimate of drug-likeness (QED) is 0.754. The molecule has 0 radical (unpaired) electrons. The lowest BCUT2D eigenvalue weighted by atomic mass is 10.4. The molecule has 1 N–H and O–H groups in total. The zero-order valence-electron chi connectivity index (χ0n) is 10.8. The molecule has 0 atom stereocenters. The predicted octanol–water partition coefficient (Wildman–Crippen LogP) is 1.44. The summed E-state index contributed by atoms with van der Waals surface area (Å²) in [6, 6.07) is 1.95. The van der Waals surface area contributed by atoms with Crippen molar-refractivity contribution < 1.29 is 4.74 Å². The Morgan fingerprint density at radius 1 is 1.39 bits per heavy atom. The van der Waals surface area contributed by atoms with Gasteiger partial charge in [0.1, 0.15) is 5.82 Å². The van der Waals surface area contributed by atoms with E-state index in [9.17, 15) is 0 Å². The summed E-state index contributed by atoms with van der Waals surface area (Å²) in [6.45, 7) is 4.39. The molecule has 0 aliphatic heterocycles. The summed E-state index contributed by atoms with van der Waals surface area (Å²) >= 11 is 0. The fraction of sp³-hybridized carbons (Fsp3) is 0.500. The predicted molar refractivity (Wildman–Crippen MR) is 69.9 cm³/mol. The van der Waals surface area contributed by atoms with E-state index in [1.54, 1.807) is 12.4 Å². The smallest absolute Gasteiger partial charge is 0.208 e. The Morgan fingerprint density at radius 2 is 2.28 bits per heavy atom. The summed E-state index contributed by atoms with van der Waals surface area (Å²) in [5.41, 5.74) is 0. The van der Waals surface area contributed by atoms with Gasteiger partial charge in [-0.1, -0.05) is 0 Å². The van der Waals surface area contributed by atoms with Crippen molar-refractivity contribution in [2.75, 3.05) is 25.1 Å². The van der Waals surface area contributed by atoms with Crippen molar-refractivity contribution in [1.29, 1.82) is 0 Å². The van der Waals surface area contributed by atoms with Gasteiger partial charge in [-0.05, 0) is 13.3 Å². The van der Waals surface area contributed by atoms with E-state index >= 15 is 0 Å². The van der Waals surface area contributed by atoms with Crippen molar-refractivity contribution >= 4 is 5.95 Å².